The largest absolute Gasteiger partial charge is 0.345 e. The van der Waals surface area contributed by atoms with Gasteiger partial charge >= 0.3 is 0 Å². The van der Waals surface area contributed by atoms with Crippen LogP contribution in [-0.2, 0) is 6.54 Å². The quantitative estimate of drug-likeness (QED) is 0.706. The van der Waals surface area contributed by atoms with Gasteiger partial charge in [0.05, 0.1) is 23.6 Å². The van der Waals surface area contributed by atoms with E-state index in [0.29, 0.717) is 0 Å². The first-order valence-corrected chi connectivity index (χ1v) is 5.20. The van der Waals surface area contributed by atoms with E-state index in [-0.39, 0.29) is 0 Å². The summed E-state index contributed by atoms with van der Waals surface area (Å²) in [5.74, 6) is 0. The SMILES string of the molecule is CCn1cc(-c2ccc3nc[nH]c3c2)nn1. The van der Waals surface area contributed by atoms with Crippen molar-refractivity contribution < 1.29 is 0 Å². The first kappa shape index (κ1) is 9.08. The molecule has 16 heavy (non-hydrogen) atoms. The second-order valence-corrected chi connectivity index (χ2v) is 3.59. The molecule has 0 aliphatic carbocycles. The highest BCUT2D eigenvalue weighted by atomic mass is 15.4. The molecular weight excluding hydrogens is 202 g/mol. The van der Waals surface area contributed by atoms with Gasteiger partial charge in [0, 0.05) is 12.1 Å². The van der Waals surface area contributed by atoms with Crippen LogP contribution in [0.4, 0.5) is 0 Å². The molecule has 0 aliphatic heterocycles. The van der Waals surface area contributed by atoms with Crippen LogP contribution in [0.15, 0.2) is 30.7 Å². The first-order valence-electron chi connectivity index (χ1n) is 5.20. The van der Waals surface area contributed by atoms with Crippen molar-refractivity contribution in [3.8, 4) is 11.3 Å². The minimum absolute atomic E-state index is 0.833. The van der Waals surface area contributed by atoms with Crippen LogP contribution in [0.5, 0.6) is 0 Å². The van der Waals surface area contributed by atoms with Crippen molar-refractivity contribution in [1.29, 1.82) is 0 Å². The summed E-state index contributed by atoms with van der Waals surface area (Å²) in [5.41, 5.74) is 3.92. The fourth-order valence-corrected chi connectivity index (χ4v) is 1.68. The van der Waals surface area contributed by atoms with Gasteiger partial charge in [-0.2, -0.15) is 0 Å². The van der Waals surface area contributed by atoms with Gasteiger partial charge in [0.2, 0.25) is 0 Å². The van der Waals surface area contributed by atoms with Crippen molar-refractivity contribution in [2.24, 2.45) is 0 Å². The summed E-state index contributed by atoms with van der Waals surface area (Å²) in [6.45, 7) is 2.87. The third-order valence-corrected chi connectivity index (χ3v) is 2.58. The second kappa shape index (κ2) is 3.44. The number of benzene rings is 1. The van der Waals surface area contributed by atoms with Gasteiger partial charge < -0.3 is 4.98 Å². The van der Waals surface area contributed by atoms with E-state index >= 15 is 0 Å². The summed E-state index contributed by atoms with van der Waals surface area (Å²) in [6, 6.07) is 6.02. The van der Waals surface area contributed by atoms with E-state index in [2.05, 4.69) is 20.3 Å². The Bertz CT molecular complexity index is 622. The van der Waals surface area contributed by atoms with E-state index < -0.39 is 0 Å². The number of rotatable bonds is 2. The van der Waals surface area contributed by atoms with Gasteiger partial charge in [-0.15, -0.1) is 5.10 Å². The number of nitrogens with one attached hydrogen (secondary N) is 1. The van der Waals surface area contributed by atoms with Crippen molar-refractivity contribution in [3.63, 3.8) is 0 Å². The van der Waals surface area contributed by atoms with E-state index in [0.717, 1.165) is 28.8 Å². The Hall–Kier alpha value is -2.17. The third-order valence-electron chi connectivity index (χ3n) is 2.58. The zero-order valence-corrected chi connectivity index (χ0v) is 8.88. The molecule has 3 rings (SSSR count). The van der Waals surface area contributed by atoms with Crippen LogP contribution < -0.4 is 0 Å². The fourth-order valence-electron chi connectivity index (χ4n) is 1.68. The second-order valence-electron chi connectivity index (χ2n) is 3.59. The highest BCUT2D eigenvalue weighted by Crippen LogP contribution is 2.20. The Morgan fingerprint density at radius 2 is 2.31 bits per heavy atom. The Morgan fingerprint density at radius 1 is 1.38 bits per heavy atom. The summed E-state index contributed by atoms with van der Waals surface area (Å²) in [5, 5.41) is 8.15. The maximum atomic E-state index is 4.18. The van der Waals surface area contributed by atoms with E-state index in [9.17, 15) is 0 Å². The van der Waals surface area contributed by atoms with Crippen LogP contribution in [-0.4, -0.2) is 25.0 Å². The molecule has 2 heterocycles. The average Bonchev–Trinajstić information content (AvgIpc) is 2.96. The van der Waals surface area contributed by atoms with Crippen molar-refractivity contribution >= 4 is 11.0 Å². The molecule has 1 N–H and O–H groups in total. The lowest BCUT2D eigenvalue weighted by Crippen LogP contribution is -1.93. The maximum Gasteiger partial charge on any atom is 0.113 e. The van der Waals surface area contributed by atoms with Crippen molar-refractivity contribution in [1.82, 2.24) is 25.0 Å². The van der Waals surface area contributed by atoms with E-state index in [1.165, 1.54) is 0 Å². The number of H-pyrrole nitrogens is 1. The minimum atomic E-state index is 0.833. The van der Waals surface area contributed by atoms with Crippen molar-refractivity contribution in [3.05, 3.63) is 30.7 Å². The number of aromatic nitrogens is 5. The lowest BCUT2D eigenvalue weighted by atomic mass is 10.1. The standard InChI is InChI=1S/C11H11N5/c1-2-16-6-11(14-15-16)8-3-4-9-10(5-8)13-7-12-9/h3-7H,2H2,1H3,(H,12,13). The van der Waals surface area contributed by atoms with Gasteiger partial charge in [-0.3, -0.25) is 4.68 Å². The zero-order valence-electron chi connectivity index (χ0n) is 8.88. The normalized spacial score (nSPS) is 11.1. The lowest BCUT2D eigenvalue weighted by molar-refractivity contribution is 0.627. The predicted molar refractivity (Wildman–Crippen MR) is 60.8 cm³/mol. The van der Waals surface area contributed by atoms with Gasteiger partial charge in [0.25, 0.3) is 0 Å². The molecule has 0 saturated carbocycles. The summed E-state index contributed by atoms with van der Waals surface area (Å²) < 4.78 is 1.81. The number of hydrogen-bond donors (Lipinski definition) is 1. The van der Waals surface area contributed by atoms with Crippen LogP contribution in [0.25, 0.3) is 22.3 Å². The Kier molecular flexibility index (Phi) is 1.96. The Morgan fingerprint density at radius 3 is 3.12 bits per heavy atom. The molecule has 0 radical (unpaired) electrons. The molecule has 2 aromatic heterocycles. The lowest BCUT2D eigenvalue weighted by Gasteiger charge is -1.95. The molecule has 0 spiro atoms. The smallest absolute Gasteiger partial charge is 0.113 e. The van der Waals surface area contributed by atoms with Crippen LogP contribution in [0.2, 0.25) is 0 Å². The highest BCUT2D eigenvalue weighted by Gasteiger charge is 2.04. The van der Waals surface area contributed by atoms with Gasteiger partial charge in [0.15, 0.2) is 0 Å². The van der Waals surface area contributed by atoms with Gasteiger partial charge in [-0.05, 0) is 19.1 Å². The molecule has 0 atom stereocenters. The zero-order chi connectivity index (χ0) is 11.0. The molecule has 5 heteroatoms. The molecule has 0 unspecified atom stereocenters. The number of aromatic amines is 1. The molecule has 0 bridgehead atoms. The topological polar surface area (TPSA) is 59.4 Å². The van der Waals surface area contributed by atoms with Crippen molar-refractivity contribution in [2.75, 3.05) is 0 Å². The Labute approximate surface area is 92.1 Å². The number of fused-ring (bicyclic) bond motifs is 1. The van der Waals surface area contributed by atoms with Crippen LogP contribution >= 0.6 is 0 Å². The molecule has 1 aromatic carbocycles. The average molecular weight is 213 g/mol. The van der Waals surface area contributed by atoms with Gasteiger partial charge in [-0.25, -0.2) is 4.98 Å². The molecular formula is C11H11N5. The molecule has 5 nitrogen and oxygen atoms in total. The van der Waals surface area contributed by atoms with E-state index in [1.54, 1.807) is 6.33 Å². The van der Waals surface area contributed by atoms with Crippen LogP contribution in [0.1, 0.15) is 6.92 Å². The third kappa shape index (κ3) is 1.37. The molecule has 0 amide bonds. The molecule has 0 aliphatic rings. The molecule has 0 saturated heterocycles. The van der Waals surface area contributed by atoms with E-state index in [1.807, 2.05) is 36.0 Å². The number of imidazole rings is 1. The predicted octanol–water partition coefficient (Wildman–Crippen LogP) is 1.84. The summed E-state index contributed by atoms with van der Waals surface area (Å²) in [6.07, 6.45) is 3.63. The van der Waals surface area contributed by atoms with Crippen molar-refractivity contribution in [2.45, 2.75) is 13.5 Å². The molecule has 3 aromatic rings. The number of hydrogen-bond acceptors (Lipinski definition) is 3. The van der Waals surface area contributed by atoms with Gasteiger partial charge in [0.1, 0.15) is 5.69 Å². The molecule has 0 fully saturated rings. The number of aryl methyl sites for hydroxylation is 1. The Balaban J connectivity index is 2.10. The van der Waals surface area contributed by atoms with Crippen LogP contribution in [0.3, 0.4) is 0 Å². The first-order chi connectivity index (χ1) is 7.86. The van der Waals surface area contributed by atoms with Crippen LogP contribution in [0, 0.1) is 0 Å². The summed E-state index contributed by atoms with van der Waals surface area (Å²) in [7, 11) is 0. The maximum absolute atomic E-state index is 4.18. The monoisotopic (exact) mass is 213 g/mol. The summed E-state index contributed by atoms with van der Waals surface area (Å²) >= 11 is 0. The highest BCUT2D eigenvalue weighted by molar-refractivity contribution is 5.80. The number of nitrogens with zero attached hydrogens (tertiary/aromatic N) is 4. The summed E-state index contributed by atoms with van der Waals surface area (Å²) in [4.78, 5) is 7.26. The fraction of sp³-hybridized carbons (Fsp3) is 0.182. The molecule has 80 valence electrons. The minimum Gasteiger partial charge on any atom is -0.345 e. The van der Waals surface area contributed by atoms with E-state index in [4.69, 9.17) is 0 Å². The van der Waals surface area contributed by atoms with Gasteiger partial charge in [-0.1, -0.05) is 11.3 Å².